The Morgan fingerprint density at radius 3 is 2.76 bits per heavy atom. The maximum absolute atomic E-state index is 4.68. The molecule has 21 heavy (non-hydrogen) atoms. The van der Waals surface area contributed by atoms with Gasteiger partial charge in [-0.25, -0.2) is 0 Å². The maximum Gasteiger partial charge on any atom is 0.194 e. The number of guanidine groups is 1. The minimum Gasteiger partial charge on any atom is -0.357 e. The normalized spacial score (nSPS) is 11.2. The molecule has 122 valence electrons. The summed E-state index contributed by atoms with van der Waals surface area (Å²) in [4.78, 5) is 6.85. The number of aromatic nitrogens is 1. The van der Waals surface area contributed by atoms with Crippen LogP contribution in [0.4, 0.5) is 0 Å². The van der Waals surface area contributed by atoms with E-state index in [2.05, 4.69) is 75.2 Å². The Labute approximate surface area is 158 Å². The number of nitrogens with zero attached hydrogens (tertiary/aromatic N) is 3. The van der Waals surface area contributed by atoms with Crippen LogP contribution >= 0.6 is 51.7 Å². The van der Waals surface area contributed by atoms with Gasteiger partial charge in [-0.05, 0) is 47.3 Å². The van der Waals surface area contributed by atoms with Crippen LogP contribution in [0, 0.1) is 0 Å². The molecule has 0 aliphatic carbocycles. The highest BCUT2D eigenvalue weighted by atomic mass is 127. The van der Waals surface area contributed by atoms with Crippen molar-refractivity contribution in [3.8, 4) is 0 Å². The predicted molar refractivity (Wildman–Crippen MR) is 109 cm³/mol. The smallest absolute Gasteiger partial charge is 0.194 e. The molecule has 0 unspecified atom stereocenters. The maximum atomic E-state index is 4.68. The molecular formula is C14H26BrIN4S. The lowest BCUT2D eigenvalue weighted by atomic mass is 10.4. The van der Waals surface area contributed by atoms with Gasteiger partial charge in [0.2, 0.25) is 0 Å². The zero-order valence-corrected chi connectivity index (χ0v) is 18.0. The zero-order chi connectivity index (χ0) is 15.0. The van der Waals surface area contributed by atoms with E-state index in [0.717, 1.165) is 42.2 Å². The number of aryl methyl sites for hydroxylation is 1. The molecule has 0 aliphatic rings. The fourth-order valence-electron chi connectivity index (χ4n) is 1.90. The second-order valence-corrected chi connectivity index (χ2v) is 6.60. The van der Waals surface area contributed by atoms with Gasteiger partial charge in [0, 0.05) is 43.5 Å². The number of hydrogen-bond donors (Lipinski definition) is 1. The van der Waals surface area contributed by atoms with Gasteiger partial charge >= 0.3 is 0 Å². The van der Waals surface area contributed by atoms with Gasteiger partial charge in [-0.2, -0.15) is 11.8 Å². The lowest BCUT2D eigenvalue weighted by Crippen LogP contribution is -2.38. The van der Waals surface area contributed by atoms with Crippen molar-refractivity contribution < 1.29 is 0 Å². The van der Waals surface area contributed by atoms with Gasteiger partial charge in [-0.1, -0.05) is 0 Å². The van der Waals surface area contributed by atoms with Crippen molar-refractivity contribution in [2.45, 2.75) is 19.9 Å². The predicted octanol–water partition coefficient (Wildman–Crippen LogP) is 3.56. The first-order valence-electron chi connectivity index (χ1n) is 6.87. The summed E-state index contributed by atoms with van der Waals surface area (Å²) < 4.78 is 3.25. The average Bonchev–Trinajstić information content (AvgIpc) is 2.71. The lowest BCUT2D eigenvalue weighted by Gasteiger charge is -2.22. The van der Waals surface area contributed by atoms with Crippen molar-refractivity contribution in [1.29, 1.82) is 0 Å². The second-order valence-electron chi connectivity index (χ2n) is 4.70. The number of nitrogens with one attached hydrogen (secondary N) is 1. The lowest BCUT2D eigenvalue weighted by molar-refractivity contribution is 0.462. The summed E-state index contributed by atoms with van der Waals surface area (Å²) in [6, 6.07) is 2.15. The van der Waals surface area contributed by atoms with E-state index in [1.807, 2.05) is 11.8 Å². The van der Waals surface area contributed by atoms with Crippen LogP contribution in [-0.4, -0.2) is 47.6 Å². The van der Waals surface area contributed by atoms with Crippen LogP contribution in [0.25, 0.3) is 0 Å². The Bertz CT molecular complexity index is 437. The van der Waals surface area contributed by atoms with Gasteiger partial charge in [0.05, 0.1) is 6.54 Å². The van der Waals surface area contributed by atoms with Crippen LogP contribution in [0.15, 0.2) is 21.7 Å². The molecule has 0 aromatic carbocycles. The highest BCUT2D eigenvalue weighted by Gasteiger charge is 2.09. The Morgan fingerprint density at radius 1 is 1.52 bits per heavy atom. The molecule has 1 aromatic rings. The molecule has 1 heterocycles. The molecule has 1 N–H and O–H groups in total. The van der Waals surface area contributed by atoms with Crippen LogP contribution < -0.4 is 5.32 Å². The van der Waals surface area contributed by atoms with E-state index in [1.165, 1.54) is 5.69 Å². The van der Waals surface area contributed by atoms with Crippen LogP contribution in [-0.2, 0) is 13.6 Å². The van der Waals surface area contributed by atoms with E-state index in [9.17, 15) is 0 Å². The van der Waals surface area contributed by atoms with Crippen LogP contribution in [0.2, 0.25) is 0 Å². The minimum atomic E-state index is 0. The standard InChI is InChI=1S/C14H25BrN4S.HI/c1-5-16-14(17-7-6-8-20-4)19(3)11-13-9-12(15)10-18(13)2;/h9-10H,5-8,11H2,1-4H3,(H,16,17);1H. The number of aliphatic imine (C=N–C) groups is 1. The van der Waals surface area contributed by atoms with Crippen molar-refractivity contribution in [3.63, 3.8) is 0 Å². The van der Waals surface area contributed by atoms with E-state index in [-0.39, 0.29) is 24.0 Å². The summed E-state index contributed by atoms with van der Waals surface area (Å²) in [5.74, 6) is 2.14. The first kappa shape index (κ1) is 21.1. The van der Waals surface area contributed by atoms with Gasteiger partial charge in [0.15, 0.2) is 5.96 Å². The molecule has 0 bridgehead atoms. The number of halogens is 2. The van der Waals surface area contributed by atoms with Gasteiger partial charge in [0.1, 0.15) is 0 Å². The summed E-state index contributed by atoms with van der Waals surface area (Å²) in [5, 5.41) is 3.35. The first-order chi connectivity index (χ1) is 9.58. The molecule has 0 atom stereocenters. The Kier molecular flexibility index (Phi) is 11.7. The highest BCUT2D eigenvalue weighted by Crippen LogP contribution is 2.14. The summed E-state index contributed by atoms with van der Waals surface area (Å²) in [5.41, 5.74) is 1.26. The Hall–Kier alpha value is 0.110. The van der Waals surface area contributed by atoms with Gasteiger partial charge in [-0.3, -0.25) is 4.99 Å². The van der Waals surface area contributed by atoms with E-state index in [4.69, 9.17) is 0 Å². The largest absolute Gasteiger partial charge is 0.357 e. The van der Waals surface area contributed by atoms with Gasteiger partial charge in [0.25, 0.3) is 0 Å². The molecular weight excluding hydrogens is 463 g/mol. The van der Waals surface area contributed by atoms with Crippen molar-refractivity contribution >= 4 is 57.6 Å². The van der Waals surface area contributed by atoms with E-state index < -0.39 is 0 Å². The van der Waals surface area contributed by atoms with Crippen LogP contribution in [0.1, 0.15) is 19.0 Å². The van der Waals surface area contributed by atoms with E-state index in [1.54, 1.807) is 0 Å². The van der Waals surface area contributed by atoms with Crippen molar-refractivity contribution in [1.82, 2.24) is 14.8 Å². The van der Waals surface area contributed by atoms with Crippen molar-refractivity contribution in [3.05, 3.63) is 22.4 Å². The van der Waals surface area contributed by atoms with E-state index >= 15 is 0 Å². The monoisotopic (exact) mass is 488 g/mol. The van der Waals surface area contributed by atoms with Gasteiger partial charge in [-0.15, -0.1) is 24.0 Å². The summed E-state index contributed by atoms with van der Waals surface area (Å²) >= 11 is 5.38. The molecule has 1 aromatic heterocycles. The molecule has 0 fully saturated rings. The van der Waals surface area contributed by atoms with Crippen molar-refractivity contribution in [2.75, 3.05) is 32.1 Å². The third-order valence-electron chi connectivity index (χ3n) is 2.94. The quantitative estimate of drug-likeness (QED) is 0.275. The fraction of sp³-hybridized carbons (Fsp3) is 0.643. The molecule has 1 rings (SSSR count). The molecule has 0 saturated carbocycles. The number of thioether (sulfide) groups is 1. The summed E-state index contributed by atoms with van der Waals surface area (Å²) in [6.45, 7) is 4.72. The van der Waals surface area contributed by atoms with Crippen molar-refractivity contribution in [2.24, 2.45) is 12.0 Å². The number of hydrogen-bond acceptors (Lipinski definition) is 2. The van der Waals surface area contributed by atoms with Gasteiger partial charge < -0.3 is 14.8 Å². The molecule has 0 aliphatic heterocycles. The molecule has 0 spiro atoms. The first-order valence-corrected chi connectivity index (χ1v) is 9.06. The SMILES string of the molecule is CCNC(=NCCCSC)N(C)Cc1cc(Br)cn1C.I. The van der Waals surface area contributed by atoms with Crippen LogP contribution in [0.5, 0.6) is 0 Å². The Balaban J connectivity index is 0.00000400. The molecule has 4 nitrogen and oxygen atoms in total. The third-order valence-corrected chi connectivity index (χ3v) is 4.07. The summed E-state index contributed by atoms with van der Waals surface area (Å²) in [6.07, 6.45) is 5.33. The molecule has 7 heteroatoms. The minimum absolute atomic E-state index is 0. The highest BCUT2D eigenvalue weighted by molar-refractivity contribution is 14.0. The van der Waals surface area contributed by atoms with Crippen LogP contribution in [0.3, 0.4) is 0 Å². The molecule has 0 saturated heterocycles. The summed E-state index contributed by atoms with van der Waals surface area (Å²) in [7, 11) is 4.15. The fourth-order valence-corrected chi connectivity index (χ4v) is 2.89. The average molecular weight is 489 g/mol. The third kappa shape index (κ3) is 7.78. The Morgan fingerprint density at radius 2 is 2.24 bits per heavy atom. The zero-order valence-electron chi connectivity index (χ0n) is 13.2. The second kappa shape index (κ2) is 11.6. The molecule has 0 amide bonds. The van der Waals surface area contributed by atoms with E-state index in [0.29, 0.717) is 0 Å². The topological polar surface area (TPSA) is 32.6 Å². The number of rotatable bonds is 7. The molecule has 0 radical (unpaired) electrons.